The van der Waals surface area contributed by atoms with Crippen LogP contribution in [0.15, 0.2) is 54.6 Å². The Bertz CT molecular complexity index is 615. The van der Waals surface area contributed by atoms with Crippen molar-refractivity contribution in [1.82, 2.24) is 0 Å². The number of hydrogen-bond donors (Lipinski definition) is 2. The molecule has 118 valence electrons. The molecule has 0 amide bonds. The predicted octanol–water partition coefficient (Wildman–Crippen LogP) is 3.07. The fourth-order valence-corrected chi connectivity index (χ4v) is 2.03. The summed E-state index contributed by atoms with van der Waals surface area (Å²) in [4.78, 5) is 0. The number of ether oxygens (including phenoxy) is 1. The Morgan fingerprint density at radius 3 is 2.41 bits per heavy atom. The summed E-state index contributed by atoms with van der Waals surface area (Å²) in [5, 5.41) is 8.85. The summed E-state index contributed by atoms with van der Waals surface area (Å²) in [6, 6.07) is 15.8. The first-order chi connectivity index (χ1) is 10.4. The van der Waals surface area contributed by atoms with Crippen molar-refractivity contribution < 1.29 is 18.6 Å². The van der Waals surface area contributed by atoms with Gasteiger partial charge in [0, 0.05) is 0 Å². The maximum atomic E-state index is 13.8. The standard InChI is InChI=1S/C17H19F2NO2/c1-16(20,17(18,19)12-21)14-8-5-9-15(10-14)22-11-13-6-3-2-4-7-13/h2-10,21H,11-12,20H2,1H3. The lowest BCUT2D eigenvalue weighted by atomic mass is 9.86. The quantitative estimate of drug-likeness (QED) is 0.862. The van der Waals surface area contributed by atoms with Gasteiger partial charge >= 0.3 is 0 Å². The van der Waals surface area contributed by atoms with Gasteiger partial charge < -0.3 is 15.6 Å². The Morgan fingerprint density at radius 1 is 1.09 bits per heavy atom. The van der Waals surface area contributed by atoms with Crippen LogP contribution in [0.3, 0.4) is 0 Å². The lowest BCUT2D eigenvalue weighted by molar-refractivity contribution is -0.108. The molecule has 2 rings (SSSR count). The number of benzene rings is 2. The molecule has 3 N–H and O–H groups in total. The summed E-state index contributed by atoms with van der Waals surface area (Å²) >= 11 is 0. The number of aliphatic hydroxyl groups is 1. The number of rotatable bonds is 6. The molecule has 2 aromatic rings. The minimum absolute atomic E-state index is 0.206. The van der Waals surface area contributed by atoms with Crippen molar-refractivity contribution >= 4 is 0 Å². The highest BCUT2D eigenvalue weighted by molar-refractivity contribution is 5.34. The molecule has 0 radical (unpaired) electrons. The molecule has 2 aromatic carbocycles. The zero-order valence-corrected chi connectivity index (χ0v) is 12.3. The minimum atomic E-state index is -3.43. The van der Waals surface area contributed by atoms with Crippen LogP contribution in [0.2, 0.25) is 0 Å². The van der Waals surface area contributed by atoms with Gasteiger partial charge in [0.15, 0.2) is 0 Å². The van der Waals surface area contributed by atoms with E-state index in [4.69, 9.17) is 15.6 Å². The highest BCUT2D eigenvalue weighted by Gasteiger charge is 2.48. The van der Waals surface area contributed by atoms with Crippen molar-refractivity contribution in [1.29, 1.82) is 0 Å². The Kier molecular flexibility index (Phi) is 4.78. The first-order valence-electron chi connectivity index (χ1n) is 6.91. The number of aliphatic hydroxyl groups excluding tert-OH is 1. The van der Waals surface area contributed by atoms with Crippen LogP contribution in [0.4, 0.5) is 8.78 Å². The van der Waals surface area contributed by atoms with E-state index in [9.17, 15) is 8.78 Å². The van der Waals surface area contributed by atoms with Gasteiger partial charge in [-0.15, -0.1) is 0 Å². The van der Waals surface area contributed by atoms with E-state index in [1.54, 1.807) is 12.1 Å². The van der Waals surface area contributed by atoms with E-state index in [1.807, 2.05) is 30.3 Å². The van der Waals surface area contributed by atoms with E-state index >= 15 is 0 Å². The largest absolute Gasteiger partial charge is 0.489 e. The molecule has 22 heavy (non-hydrogen) atoms. The Labute approximate surface area is 128 Å². The molecular weight excluding hydrogens is 288 g/mol. The van der Waals surface area contributed by atoms with Crippen molar-refractivity contribution in [2.45, 2.75) is 25.0 Å². The Morgan fingerprint density at radius 2 is 1.77 bits per heavy atom. The molecule has 3 nitrogen and oxygen atoms in total. The van der Waals surface area contributed by atoms with E-state index in [0.29, 0.717) is 12.4 Å². The van der Waals surface area contributed by atoms with Crippen molar-refractivity contribution in [3.63, 3.8) is 0 Å². The molecule has 0 aliphatic rings. The molecule has 0 aliphatic carbocycles. The highest BCUT2D eigenvalue weighted by atomic mass is 19.3. The number of nitrogens with two attached hydrogens (primary N) is 1. The SMILES string of the molecule is CC(N)(c1cccc(OCc2ccccc2)c1)C(F)(F)CO. The number of hydrogen-bond acceptors (Lipinski definition) is 3. The summed E-state index contributed by atoms with van der Waals surface area (Å²) in [6.45, 7) is 0.219. The summed E-state index contributed by atoms with van der Waals surface area (Å²) in [5.41, 5.74) is 4.94. The van der Waals surface area contributed by atoms with Gasteiger partial charge in [-0.3, -0.25) is 0 Å². The van der Waals surface area contributed by atoms with Gasteiger partial charge in [0.2, 0.25) is 0 Å². The van der Waals surface area contributed by atoms with Crippen LogP contribution in [0, 0.1) is 0 Å². The van der Waals surface area contributed by atoms with Gasteiger partial charge in [-0.1, -0.05) is 42.5 Å². The lowest BCUT2D eigenvalue weighted by Crippen LogP contribution is -2.52. The van der Waals surface area contributed by atoms with E-state index < -0.39 is 18.1 Å². The molecule has 0 fully saturated rings. The van der Waals surface area contributed by atoms with Crippen LogP contribution in [0.25, 0.3) is 0 Å². The average Bonchev–Trinajstić information content (AvgIpc) is 2.54. The van der Waals surface area contributed by atoms with Gasteiger partial charge in [-0.25, -0.2) is 8.78 Å². The first-order valence-corrected chi connectivity index (χ1v) is 6.91. The van der Waals surface area contributed by atoms with E-state index in [0.717, 1.165) is 5.56 Å². The van der Waals surface area contributed by atoms with E-state index in [-0.39, 0.29) is 5.56 Å². The van der Waals surface area contributed by atoms with Gasteiger partial charge in [-0.05, 0) is 30.2 Å². The second-order valence-electron chi connectivity index (χ2n) is 5.37. The fourth-order valence-electron chi connectivity index (χ4n) is 2.03. The van der Waals surface area contributed by atoms with E-state index in [1.165, 1.54) is 19.1 Å². The minimum Gasteiger partial charge on any atom is -0.489 e. The van der Waals surface area contributed by atoms with Crippen LogP contribution in [-0.2, 0) is 12.1 Å². The molecule has 0 saturated heterocycles. The second-order valence-corrected chi connectivity index (χ2v) is 5.37. The van der Waals surface area contributed by atoms with Crippen LogP contribution in [-0.4, -0.2) is 17.6 Å². The topological polar surface area (TPSA) is 55.5 Å². The third-order valence-corrected chi connectivity index (χ3v) is 3.64. The third-order valence-electron chi connectivity index (χ3n) is 3.64. The van der Waals surface area contributed by atoms with Crippen LogP contribution >= 0.6 is 0 Å². The van der Waals surface area contributed by atoms with Gasteiger partial charge in [0.05, 0.1) is 0 Å². The van der Waals surface area contributed by atoms with Crippen LogP contribution in [0.5, 0.6) is 5.75 Å². The van der Waals surface area contributed by atoms with Crippen LogP contribution < -0.4 is 10.5 Å². The second kappa shape index (κ2) is 6.42. The summed E-state index contributed by atoms with van der Waals surface area (Å²) in [5.74, 6) is -2.97. The molecule has 0 bridgehead atoms. The molecule has 0 aliphatic heterocycles. The zero-order valence-electron chi connectivity index (χ0n) is 12.3. The fraction of sp³-hybridized carbons (Fsp3) is 0.294. The zero-order chi connectivity index (χ0) is 16.2. The van der Waals surface area contributed by atoms with Crippen LogP contribution in [0.1, 0.15) is 18.1 Å². The number of alkyl halides is 2. The summed E-state index contributed by atoms with van der Waals surface area (Å²) in [7, 11) is 0. The molecule has 5 heteroatoms. The molecular formula is C17H19F2NO2. The van der Waals surface area contributed by atoms with Crippen molar-refractivity contribution in [2.75, 3.05) is 6.61 Å². The number of halogens is 2. The van der Waals surface area contributed by atoms with Crippen molar-refractivity contribution in [3.05, 3.63) is 65.7 Å². The first kappa shape index (κ1) is 16.4. The molecule has 0 aromatic heterocycles. The highest BCUT2D eigenvalue weighted by Crippen LogP contribution is 2.36. The van der Waals surface area contributed by atoms with Gasteiger partial charge in [0.1, 0.15) is 24.5 Å². The van der Waals surface area contributed by atoms with Gasteiger partial charge in [0.25, 0.3) is 5.92 Å². The Hall–Kier alpha value is -1.98. The average molecular weight is 307 g/mol. The molecule has 0 heterocycles. The summed E-state index contributed by atoms with van der Waals surface area (Å²) in [6.07, 6.45) is 0. The molecule has 1 atom stereocenters. The molecule has 0 spiro atoms. The lowest BCUT2D eigenvalue weighted by Gasteiger charge is -2.33. The monoisotopic (exact) mass is 307 g/mol. The summed E-state index contributed by atoms with van der Waals surface area (Å²) < 4.78 is 33.2. The van der Waals surface area contributed by atoms with Crippen molar-refractivity contribution in [3.8, 4) is 5.75 Å². The smallest absolute Gasteiger partial charge is 0.291 e. The van der Waals surface area contributed by atoms with Gasteiger partial charge in [-0.2, -0.15) is 0 Å². The maximum Gasteiger partial charge on any atom is 0.291 e. The molecule has 1 unspecified atom stereocenters. The third kappa shape index (κ3) is 3.43. The normalized spacial score (nSPS) is 14.4. The Balaban J connectivity index is 2.16. The van der Waals surface area contributed by atoms with E-state index in [2.05, 4.69) is 0 Å². The van der Waals surface area contributed by atoms with Crippen molar-refractivity contribution in [2.24, 2.45) is 5.73 Å². The predicted molar refractivity (Wildman–Crippen MR) is 80.8 cm³/mol. The maximum absolute atomic E-state index is 13.8. The molecule has 0 saturated carbocycles.